The monoisotopic (exact) mass is 213 g/mol. The van der Waals surface area contributed by atoms with Crippen LogP contribution in [0.3, 0.4) is 0 Å². The zero-order chi connectivity index (χ0) is 10.8. The van der Waals surface area contributed by atoms with E-state index in [1.165, 1.54) is 4.88 Å². The molecule has 0 aliphatic heterocycles. The molecule has 1 aromatic rings. The molecular weight excluding hydrogens is 194 g/mol. The van der Waals surface area contributed by atoms with E-state index in [9.17, 15) is 5.11 Å². The van der Waals surface area contributed by atoms with Crippen LogP contribution in [0, 0.1) is 6.92 Å². The van der Waals surface area contributed by atoms with E-state index in [-0.39, 0.29) is 6.04 Å². The Morgan fingerprint density at radius 1 is 1.57 bits per heavy atom. The van der Waals surface area contributed by atoms with Gasteiger partial charge in [-0.1, -0.05) is 6.92 Å². The summed E-state index contributed by atoms with van der Waals surface area (Å²) < 4.78 is 0. The van der Waals surface area contributed by atoms with E-state index in [0.717, 1.165) is 11.4 Å². The number of aryl methyl sites for hydroxylation is 1. The summed E-state index contributed by atoms with van der Waals surface area (Å²) in [5, 5.41) is 13.6. The second kappa shape index (κ2) is 4.43. The third kappa shape index (κ3) is 2.35. The first-order valence-electron chi connectivity index (χ1n) is 5.01. The Labute approximate surface area is 90.0 Å². The molecule has 0 radical (unpaired) electrons. The summed E-state index contributed by atoms with van der Waals surface area (Å²) in [4.78, 5) is 2.27. The SMILES string of the molecule is CCNC(C)C(C)(O)c1ccc(C)s1. The maximum absolute atomic E-state index is 10.3. The van der Waals surface area contributed by atoms with Crippen molar-refractivity contribution in [2.45, 2.75) is 39.3 Å². The van der Waals surface area contributed by atoms with Gasteiger partial charge in [-0.2, -0.15) is 0 Å². The Bertz CT molecular complexity index is 293. The van der Waals surface area contributed by atoms with Crippen molar-refractivity contribution in [3.63, 3.8) is 0 Å². The molecule has 0 amide bonds. The molecule has 2 unspecified atom stereocenters. The van der Waals surface area contributed by atoms with Gasteiger partial charge in [-0.3, -0.25) is 0 Å². The van der Waals surface area contributed by atoms with E-state index in [0.29, 0.717) is 0 Å². The Morgan fingerprint density at radius 3 is 2.64 bits per heavy atom. The van der Waals surface area contributed by atoms with Crippen LogP contribution in [-0.4, -0.2) is 17.7 Å². The number of aliphatic hydroxyl groups is 1. The number of likely N-dealkylation sites (N-methyl/N-ethyl adjacent to an activating group) is 1. The Balaban J connectivity index is 2.83. The van der Waals surface area contributed by atoms with E-state index >= 15 is 0 Å². The first kappa shape index (κ1) is 11.7. The molecule has 2 N–H and O–H groups in total. The van der Waals surface area contributed by atoms with E-state index in [1.807, 2.05) is 32.9 Å². The fourth-order valence-corrected chi connectivity index (χ4v) is 2.43. The lowest BCUT2D eigenvalue weighted by atomic mass is 9.96. The zero-order valence-electron chi connectivity index (χ0n) is 9.29. The lowest BCUT2D eigenvalue weighted by Gasteiger charge is -2.29. The molecule has 0 aromatic carbocycles. The van der Waals surface area contributed by atoms with E-state index < -0.39 is 5.60 Å². The molecule has 14 heavy (non-hydrogen) atoms. The van der Waals surface area contributed by atoms with Gasteiger partial charge in [0, 0.05) is 15.8 Å². The summed E-state index contributed by atoms with van der Waals surface area (Å²) >= 11 is 1.66. The van der Waals surface area contributed by atoms with Gasteiger partial charge in [-0.25, -0.2) is 0 Å². The highest BCUT2D eigenvalue weighted by atomic mass is 32.1. The van der Waals surface area contributed by atoms with Gasteiger partial charge in [0.15, 0.2) is 0 Å². The summed E-state index contributed by atoms with van der Waals surface area (Å²) in [6, 6.07) is 4.13. The van der Waals surface area contributed by atoms with Crippen LogP contribution < -0.4 is 5.32 Å². The fraction of sp³-hybridized carbons (Fsp3) is 0.636. The van der Waals surface area contributed by atoms with Crippen LogP contribution in [0.2, 0.25) is 0 Å². The third-order valence-corrected chi connectivity index (χ3v) is 3.82. The summed E-state index contributed by atoms with van der Waals surface area (Å²) in [5.41, 5.74) is -0.769. The lowest BCUT2D eigenvalue weighted by molar-refractivity contribution is 0.0257. The minimum absolute atomic E-state index is 0.0746. The predicted molar refractivity (Wildman–Crippen MR) is 61.8 cm³/mol. The maximum Gasteiger partial charge on any atom is 0.111 e. The molecule has 2 nitrogen and oxygen atoms in total. The van der Waals surface area contributed by atoms with Crippen LogP contribution in [0.5, 0.6) is 0 Å². The second-order valence-electron chi connectivity index (χ2n) is 3.84. The van der Waals surface area contributed by atoms with Gasteiger partial charge >= 0.3 is 0 Å². The molecule has 0 fully saturated rings. The number of nitrogens with one attached hydrogen (secondary N) is 1. The fourth-order valence-electron chi connectivity index (χ4n) is 1.42. The Kier molecular flexibility index (Phi) is 3.70. The second-order valence-corrected chi connectivity index (χ2v) is 5.13. The van der Waals surface area contributed by atoms with Crippen molar-refractivity contribution in [2.24, 2.45) is 0 Å². The molecule has 0 spiro atoms. The van der Waals surface area contributed by atoms with Crippen LogP contribution in [0.25, 0.3) is 0 Å². The average Bonchev–Trinajstić information content (AvgIpc) is 2.52. The first-order chi connectivity index (χ1) is 6.48. The number of thiophene rings is 1. The zero-order valence-corrected chi connectivity index (χ0v) is 10.1. The van der Waals surface area contributed by atoms with E-state index in [1.54, 1.807) is 11.3 Å². The van der Waals surface area contributed by atoms with Crippen molar-refractivity contribution >= 4 is 11.3 Å². The van der Waals surface area contributed by atoms with Gasteiger partial charge < -0.3 is 10.4 Å². The third-order valence-electron chi connectivity index (χ3n) is 2.59. The molecule has 0 saturated heterocycles. The van der Waals surface area contributed by atoms with E-state index in [2.05, 4.69) is 12.2 Å². The van der Waals surface area contributed by atoms with Gasteiger partial charge in [0.1, 0.15) is 5.60 Å². The molecule has 0 aliphatic carbocycles. The minimum Gasteiger partial charge on any atom is -0.383 e. The molecule has 0 aliphatic rings. The Morgan fingerprint density at radius 2 is 2.21 bits per heavy atom. The standard InChI is InChI=1S/C11H19NOS/c1-5-12-9(3)11(4,13)10-7-6-8(2)14-10/h6-7,9,12-13H,5H2,1-4H3. The predicted octanol–water partition coefficient (Wildman–Crippen LogP) is 2.26. The molecular formula is C11H19NOS. The summed E-state index contributed by atoms with van der Waals surface area (Å²) in [5.74, 6) is 0. The topological polar surface area (TPSA) is 32.3 Å². The van der Waals surface area contributed by atoms with Gasteiger partial charge in [0.25, 0.3) is 0 Å². The maximum atomic E-state index is 10.3. The number of hydrogen-bond acceptors (Lipinski definition) is 3. The van der Waals surface area contributed by atoms with Gasteiger partial charge in [0.05, 0.1) is 0 Å². The van der Waals surface area contributed by atoms with Gasteiger partial charge in [0.2, 0.25) is 0 Å². The average molecular weight is 213 g/mol. The van der Waals surface area contributed by atoms with Crippen molar-refractivity contribution in [1.29, 1.82) is 0 Å². The first-order valence-corrected chi connectivity index (χ1v) is 5.82. The largest absolute Gasteiger partial charge is 0.383 e. The molecule has 3 heteroatoms. The highest BCUT2D eigenvalue weighted by molar-refractivity contribution is 7.12. The number of rotatable bonds is 4. The quantitative estimate of drug-likeness (QED) is 0.804. The lowest BCUT2D eigenvalue weighted by Crippen LogP contribution is -2.43. The molecule has 1 heterocycles. The normalized spacial score (nSPS) is 17.8. The molecule has 2 atom stereocenters. The van der Waals surface area contributed by atoms with Crippen LogP contribution in [0.15, 0.2) is 12.1 Å². The van der Waals surface area contributed by atoms with Crippen LogP contribution in [0.4, 0.5) is 0 Å². The van der Waals surface area contributed by atoms with Gasteiger partial charge in [-0.05, 0) is 39.4 Å². The van der Waals surface area contributed by atoms with Crippen molar-refractivity contribution in [3.8, 4) is 0 Å². The summed E-state index contributed by atoms with van der Waals surface area (Å²) in [7, 11) is 0. The van der Waals surface area contributed by atoms with Crippen molar-refractivity contribution < 1.29 is 5.11 Å². The summed E-state index contributed by atoms with van der Waals surface area (Å²) in [6.07, 6.45) is 0. The van der Waals surface area contributed by atoms with Crippen LogP contribution >= 0.6 is 11.3 Å². The van der Waals surface area contributed by atoms with E-state index in [4.69, 9.17) is 0 Å². The Hall–Kier alpha value is -0.380. The summed E-state index contributed by atoms with van der Waals surface area (Å²) in [6.45, 7) is 8.86. The van der Waals surface area contributed by atoms with Crippen LogP contribution in [0.1, 0.15) is 30.5 Å². The molecule has 1 aromatic heterocycles. The molecule has 0 saturated carbocycles. The van der Waals surface area contributed by atoms with Crippen molar-refractivity contribution in [1.82, 2.24) is 5.32 Å². The van der Waals surface area contributed by atoms with Crippen molar-refractivity contribution in [2.75, 3.05) is 6.54 Å². The highest BCUT2D eigenvalue weighted by Crippen LogP contribution is 2.30. The van der Waals surface area contributed by atoms with Gasteiger partial charge in [-0.15, -0.1) is 11.3 Å². The highest BCUT2D eigenvalue weighted by Gasteiger charge is 2.30. The number of hydrogen-bond donors (Lipinski definition) is 2. The molecule has 0 bridgehead atoms. The van der Waals surface area contributed by atoms with Crippen LogP contribution in [-0.2, 0) is 5.60 Å². The molecule has 1 rings (SSSR count). The molecule has 80 valence electrons. The minimum atomic E-state index is -0.769. The smallest absolute Gasteiger partial charge is 0.111 e. The van der Waals surface area contributed by atoms with Crippen molar-refractivity contribution in [3.05, 3.63) is 21.9 Å².